The number of furan rings is 1. The van der Waals surface area contributed by atoms with E-state index in [1.54, 1.807) is 0 Å². The topological polar surface area (TPSA) is 56.7 Å². The normalized spacial score (nSPS) is 12.3. The van der Waals surface area contributed by atoms with E-state index in [1.165, 1.54) is 30.9 Å². The van der Waals surface area contributed by atoms with Crippen molar-refractivity contribution in [3.8, 4) is 28.7 Å². The van der Waals surface area contributed by atoms with Gasteiger partial charge in [-0.1, -0.05) is 116 Å². The van der Waals surface area contributed by atoms with Gasteiger partial charge < -0.3 is 4.42 Å². The average molecular weight is 675 g/mol. The van der Waals surface area contributed by atoms with Crippen molar-refractivity contribution in [1.29, 1.82) is 0 Å². The van der Waals surface area contributed by atoms with Crippen LogP contribution in [0.4, 0.5) is 0 Å². The monoisotopic (exact) mass is 674 g/mol. The highest BCUT2D eigenvalue weighted by atomic mass is 32.1. The molecule has 6 heteroatoms. The minimum Gasteiger partial charge on any atom is -0.456 e. The number of rotatable bonds is 6. The zero-order chi connectivity index (χ0) is 33.9. The van der Waals surface area contributed by atoms with Crippen LogP contribution in [0.2, 0.25) is 0 Å². The first-order valence-corrected chi connectivity index (χ1v) is 18.0. The van der Waals surface area contributed by atoms with Crippen molar-refractivity contribution in [1.82, 2.24) is 19.5 Å². The van der Waals surface area contributed by atoms with E-state index in [1.807, 2.05) is 53.8 Å². The summed E-state index contributed by atoms with van der Waals surface area (Å²) in [6, 6.07) is 44.3. The second-order valence-electron chi connectivity index (χ2n) is 12.7. The molecule has 0 saturated heterocycles. The van der Waals surface area contributed by atoms with Crippen LogP contribution >= 0.6 is 11.3 Å². The van der Waals surface area contributed by atoms with Crippen LogP contribution in [0.25, 0.3) is 98.7 Å². The lowest BCUT2D eigenvalue weighted by molar-refractivity contribution is 0.669. The van der Waals surface area contributed by atoms with Crippen LogP contribution < -0.4 is 0 Å². The molecule has 242 valence electrons. The highest BCUT2D eigenvalue weighted by Crippen LogP contribution is 2.43. The molecule has 10 rings (SSSR count). The van der Waals surface area contributed by atoms with Crippen LogP contribution in [0, 0.1) is 0 Å². The molecule has 10 aromatic rings. The van der Waals surface area contributed by atoms with Gasteiger partial charge in [-0.3, -0.25) is 4.57 Å². The van der Waals surface area contributed by atoms with Crippen molar-refractivity contribution in [2.24, 2.45) is 0 Å². The smallest absolute Gasteiger partial charge is 0.238 e. The third kappa shape index (κ3) is 4.79. The quantitative estimate of drug-likeness (QED) is 0.165. The van der Waals surface area contributed by atoms with E-state index in [9.17, 15) is 0 Å². The second-order valence-corrected chi connectivity index (χ2v) is 13.7. The Morgan fingerprint density at radius 3 is 2.27 bits per heavy atom. The Labute approximate surface area is 297 Å². The van der Waals surface area contributed by atoms with E-state index in [-0.39, 0.29) is 0 Å². The molecule has 0 atom stereocenters. The Morgan fingerprint density at radius 1 is 0.588 bits per heavy atom. The van der Waals surface area contributed by atoms with E-state index < -0.39 is 0 Å². The summed E-state index contributed by atoms with van der Waals surface area (Å²) in [6.45, 7) is 2.14. The fraction of sp³-hybridized carbons (Fsp3) is 0.0444. The van der Waals surface area contributed by atoms with Crippen LogP contribution in [0.1, 0.15) is 18.9 Å². The molecule has 0 aliphatic rings. The number of hydrogen-bond acceptors (Lipinski definition) is 5. The summed E-state index contributed by atoms with van der Waals surface area (Å²) in [6.07, 6.45) is 9.46. The van der Waals surface area contributed by atoms with Crippen LogP contribution in [0.5, 0.6) is 0 Å². The minimum atomic E-state index is 0.571. The summed E-state index contributed by atoms with van der Waals surface area (Å²) < 4.78 is 11.2. The Hall–Kier alpha value is -6.37. The highest BCUT2D eigenvalue weighted by molar-refractivity contribution is 7.26. The average Bonchev–Trinajstić information content (AvgIpc) is 3.86. The van der Waals surface area contributed by atoms with E-state index in [0.717, 1.165) is 56.1 Å². The molecule has 0 saturated carbocycles. The lowest BCUT2D eigenvalue weighted by Gasteiger charge is -2.11. The van der Waals surface area contributed by atoms with Gasteiger partial charge in [0.15, 0.2) is 11.6 Å². The molecular weight excluding hydrogens is 645 g/mol. The number of benzene rings is 6. The molecule has 0 unspecified atom stereocenters. The summed E-state index contributed by atoms with van der Waals surface area (Å²) >= 11 is 1.83. The lowest BCUT2D eigenvalue weighted by Crippen LogP contribution is -2.06. The maximum atomic E-state index is 6.46. The Morgan fingerprint density at radius 2 is 1.39 bits per heavy atom. The Bertz CT molecular complexity index is 3020. The van der Waals surface area contributed by atoms with Crippen molar-refractivity contribution < 1.29 is 4.42 Å². The van der Waals surface area contributed by atoms with Crippen molar-refractivity contribution >= 4 is 81.3 Å². The number of aromatic nitrogens is 4. The van der Waals surface area contributed by atoms with Gasteiger partial charge in [0.25, 0.3) is 0 Å². The molecule has 0 N–H and O–H groups in total. The summed E-state index contributed by atoms with van der Waals surface area (Å²) in [5, 5.41) is 7.07. The van der Waals surface area contributed by atoms with Gasteiger partial charge in [-0.05, 0) is 54.4 Å². The summed E-state index contributed by atoms with van der Waals surface area (Å²) in [5.74, 6) is 1.76. The molecular formula is C45H30N4OS. The van der Waals surface area contributed by atoms with E-state index >= 15 is 0 Å². The first-order valence-electron chi connectivity index (χ1n) is 17.2. The standard InChI is InChI=1S/C45H30N4OS/c1-2-3-4-6-14-28-17-13-21-36-40(28)32-24-23-30(27-37(32)50-36)44-46-43(29-15-7-5-8-16-29)47-45(48-44)49-34-20-11-9-18-31(34)41-35(49)25-26-39-42(41)33-19-10-12-22-38(33)51-39/h3-27H,2H2,1H3/b4-3-,14-6+. The predicted molar refractivity (Wildman–Crippen MR) is 214 cm³/mol. The largest absolute Gasteiger partial charge is 0.456 e. The lowest BCUT2D eigenvalue weighted by atomic mass is 10.0. The fourth-order valence-electron chi connectivity index (χ4n) is 7.31. The molecule has 6 aromatic carbocycles. The molecule has 51 heavy (non-hydrogen) atoms. The summed E-state index contributed by atoms with van der Waals surface area (Å²) in [4.78, 5) is 15.4. The van der Waals surface area contributed by atoms with E-state index in [2.05, 4.69) is 121 Å². The number of fused-ring (bicyclic) bond motifs is 10. The van der Waals surface area contributed by atoms with Crippen molar-refractivity contribution in [3.05, 3.63) is 151 Å². The third-order valence-electron chi connectivity index (χ3n) is 9.58. The fourth-order valence-corrected chi connectivity index (χ4v) is 8.42. The first-order chi connectivity index (χ1) is 25.2. The van der Waals surface area contributed by atoms with Gasteiger partial charge in [-0.25, -0.2) is 4.98 Å². The van der Waals surface area contributed by atoms with Crippen LogP contribution in [-0.2, 0) is 0 Å². The minimum absolute atomic E-state index is 0.571. The zero-order valence-electron chi connectivity index (χ0n) is 27.7. The van der Waals surface area contributed by atoms with Gasteiger partial charge in [0, 0.05) is 52.8 Å². The van der Waals surface area contributed by atoms with Crippen LogP contribution in [0.15, 0.2) is 150 Å². The van der Waals surface area contributed by atoms with Gasteiger partial charge in [0.2, 0.25) is 5.95 Å². The molecule has 4 aromatic heterocycles. The highest BCUT2D eigenvalue weighted by Gasteiger charge is 2.21. The van der Waals surface area contributed by atoms with Gasteiger partial charge in [0.1, 0.15) is 11.2 Å². The number of thiophene rings is 1. The molecule has 4 heterocycles. The van der Waals surface area contributed by atoms with Crippen molar-refractivity contribution in [2.75, 3.05) is 0 Å². The second kappa shape index (κ2) is 11.9. The molecule has 0 radical (unpaired) electrons. The Balaban J connectivity index is 1.21. The Kier molecular flexibility index (Phi) is 6.89. The van der Waals surface area contributed by atoms with Crippen LogP contribution in [0.3, 0.4) is 0 Å². The molecule has 0 bridgehead atoms. The number of para-hydroxylation sites is 1. The predicted octanol–water partition coefficient (Wildman–Crippen LogP) is 12.5. The molecule has 0 fully saturated rings. The van der Waals surface area contributed by atoms with Crippen molar-refractivity contribution in [3.63, 3.8) is 0 Å². The molecule has 0 amide bonds. The van der Waals surface area contributed by atoms with E-state index in [4.69, 9.17) is 19.4 Å². The van der Waals surface area contributed by atoms with Gasteiger partial charge in [-0.15, -0.1) is 11.3 Å². The molecule has 0 spiro atoms. The van der Waals surface area contributed by atoms with E-state index in [0.29, 0.717) is 17.6 Å². The van der Waals surface area contributed by atoms with Gasteiger partial charge >= 0.3 is 0 Å². The third-order valence-corrected chi connectivity index (χ3v) is 10.7. The number of hydrogen-bond donors (Lipinski definition) is 0. The molecule has 5 nitrogen and oxygen atoms in total. The number of allylic oxidation sites excluding steroid dienone is 3. The summed E-state index contributed by atoms with van der Waals surface area (Å²) in [5.41, 5.74) is 6.65. The molecule has 0 aliphatic carbocycles. The summed E-state index contributed by atoms with van der Waals surface area (Å²) in [7, 11) is 0. The van der Waals surface area contributed by atoms with Gasteiger partial charge in [-0.2, -0.15) is 9.97 Å². The SMILES string of the molecule is CC/C=C\C=C\c1cccc2oc3cc(-c4nc(-c5ccccc5)nc(-n5c6ccccc6c6c7c(ccc65)sc5ccccc57)n4)ccc3c12. The molecule has 0 aliphatic heterocycles. The van der Waals surface area contributed by atoms with Crippen molar-refractivity contribution in [2.45, 2.75) is 13.3 Å². The first kappa shape index (κ1) is 29.5. The maximum absolute atomic E-state index is 6.46. The van der Waals surface area contributed by atoms with Gasteiger partial charge in [0.05, 0.1) is 11.0 Å². The number of nitrogens with zero attached hydrogens (tertiary/aromatic N) is 4. The van der Waals surface area contributed by atoms with Crippen LogP contribution in [-0.4, -0.2) is 19.5 Å². The maximum Gasteiger partial charge on any atom is 0.238 e. The zero-order valence-corrected chi connectivity index (χ0v) is 28.6.